The van der Waals surface area contributed by atoms with Crippen molar-refractivity contribution < 1.29 is 9.59 Å². The molecule has 3 aromatic rings. The number of anilines is 1. The number of amides is 2. The van der Waals surface area contributed by atoms with Crippen LogP contribution in [0.15, 0.2) is 53.1 Å². The molecule has 1 saturated heterocycles. The van der Waals surface area contributed by atoms with Gasteiger partial charge in [0.05, 0.1) is 11.5 Å². The first-order valence-electron chi connectivity index (χ1n) is 8.45. The molecule has 132 valence electrons. The number of aryl methyl sites for hydroxylation is 1. The van der Waals surface area contributed by atoms with Crippen LogP contribution >= 0.6 is 15.9 Å². The molecule has 0 radical (unpaired) electrons. The predicted octanol–water partition coefficient (Wildman–Crippen LogP) is 3.95. The van der Waals surface area contributed by atoms with Gasteiger partial charge in [0, 0.05) is 40.3 Å². The average molecular weight is 412 g/mol. The summed E-state index contributed by atoms with van der Waals surface area (Å²) in [5.74, 6) is -0.256. The Morgan fingerprint density at radius 1 is 1.19 bits per heavy atom. The lowest BCUT2D eigenvalue weighted by Crippen LogP contribution is -2.54. The molecule has 2 heterocycles. The SMILES string of the molecule is Cc1cc(NC(=O)C2CN(C(=O)c3c[nH]c4ccccc34)C2)ccc1Br. The van der Waals surface area contributed by atoms with Crippen LogP contribution in [0.4, 0.5) is 5.69 Å². The van der Waals surface area contributed by atoms with Gasteiger partial charge < -0.3 is 15.2 Å². The van der Waals surface area contributed by atoms with Gasteiger partial charge in [-0.25, -0.2) is 0 Å². The predicted molar refractivity (Wildman–Crippen MR) is 105 cm³/mol. The van der Waals surface area contributed by atoms with Gasteiger partial charge >= 0.3 is 0 Å². The summed E-state index contributed by atoms with van der Waals surface area (Å²) >= 11 is 3.45. The van der Waals surface area contributed by atoms with Crippen LogP contribution in [0.2, 0.25) is 0 Å². The lowest BCUT2D eigenvalue weighted by molar-refractivity contribution is -0.123. The lowest BCUT2D eigenvalue weighted by Gasteiger charge is -2.38. The molecular formula is C20H18BrN3O2. The van der Waals surface area contributed by atoms with Crippen LogP contribution in [-0.4, -0.2) is 34.8 Å². The number of likely N-dealkylation sites (tertiary alicyclic amines) is 1. The fraction of sp³-hybridized carbons (Fsp3) is 0.200. The fourth-order valence-corrected chi connectivity index (χ4v) is 3.44. The van der Waals surface area contributed by atoms with E-state index in [1.54, 1.807) is 11.1 Å². The second-order valence-corrected chi connectivity index (χ2v) is 7.46. The highest BCUT2D eigenvalue weighted by Crippen LogP contribution is 2.25. The molecule has 5 nitrogen and oxygen atoms in total. The van der Waals surface area contributed by atoms with E-state index in [0.717, 1.165) is 26.6 Å². The first kappa shape index (κ1) is 16.8. The summed E-state index contributed by atoms with van der Waals surface area (Å²) < 4.78 is 1.01. The van der Waals surface area contributed by atoms with Crippen molar-refractivity contribution in [1.82, 2.24) is 9.88 Å². The number of carbonyl (C=O) groups excluding carboxylic acids is 2. The number of halogens is 1. The maximum absolute atomic E-state index is 12.7. The van der Waals surface area contributed by atoms with Crippen molar-refractivity contribution in [1.29, 1.82) is 0 Å². The number of benzene rings is 2. The molecule has 0 atom stereocenters. The van der Waals surface area contributed by atoms with Crippen molar-refractivity contribution >= 4 is 44.3 Å². The summed E-state index contributed by atoms with van der Waals surface area (Å²) in [5, 5.41) is 3.84. The van der Waals surface area contributed by atoms with Gasteiger partial charge in [-0.1, -0.05) is 34.1 Å². The molecule has 1 aromatic heterocycles. The van der Waals surface area contributed by atoms with Crippen molar-refractivity contribution in [2.45, 2.75) is 6.92 Å². The zero-order chi connectivity index (χ0) is 18.3. The van der Waals surface area contributed by atoms with Crippen LogP contribution in [0.25, 0.3) is 10.9 Å². The lowest BCUT2D eigenvalue weighted by atomic mass is 9.97. The topological polar surface area (TPSA) is 65.2 Å². The Labute approximate surface area is 159 Å². The summed E-state index contributed by atoms with van der Waals surface area (Å²) in [4.78, 5) is 29.9. The van der Waals surface area contributed by atoms with Gasteiger partial charge in [0.1, 0.15) is 0 Å². The molecule has 0 bridgehead atoms. The van der Waals surface area contributed by atoms with Gasteiger partial charge in [-0.15, -0.1) is 0 Å². The van der Waals surface area contributed by atoms with Gasteiger partial charge in [-0.2, -0.15) is 0 Å². The number of para-hydroxylation sites is 1. The molecule has 0 spiro atoms. The standard InChI is InChI=1S/C20H18BrN3O2/c1-12-8-14(6-7-17(12)21)23-19(25)13-10-24(11-13)20(26)16-9-22-18-5-3-2-4-15(16)18/h2-9,13,22H,10-11H2,1H3,(H,23,25). The van der Waals surface area contributed by atoms with Crippen LogP contribution in [0.1, 0.15) is 15.9 Å². The van der Waals surface area contributed by atoms with Crippen LogP contribution < -0.4 is 5.32 Å². The minimum atomic E-state index is -0.173. The summed E-state index contributed by atoms with van der Waals surface area (Å²) in [7, 11) is 0. The number of hydrogen-bond acceptors (Lipinski definition) is 2. The Kier molecular flexibility index (Phi) is 4.28. The number of H-pyrrole nitrogens is 1. The minimum absolute atomic E-state index is 0.0361. The fourth-order valence-electron chi connectivity index (χ4n) is 3.20. The van der Waals surface area contributed by atoms with E-state index in [2.05, 4.69) is 26.2 Å². The Balaban J connectivity index is 1.39. The molecule has 2 amide bonds. The van der Waals surface area contributed by atoms with Gasteiger partial charge in [0.2, 0.25) is 5.91 Å². The summed E-state index contributed by atoms with van der Waals surface area (Å²) in [6.07, 6.45) is 1.74. The third-order valence-corrected chi connectivity index (χ3v) is 5.67. The molecule has 2 N–H and O–H groups in total. The molecule has 4 rings (SSSR count). The highest BCUT2D eigenvalue weighted by Gasteiger charge is 2.36. The third kappa shape index (κ3) is 3.01. The number of nitrogens with one attached hydrogen (secondary N) is 2. The van der Waals surface area contributed by atoms with Crippen LogP contribution in [-0.2, 0) is 4.79 Å². The molecule has 1 fully saturated rings. The Morgan fingerprint density at radius 3 is 2.73 bits per heavy atom. The average Bonchev–Trinajstić information content (AvgIpc) is 3.01. The number of aromatic amines is 1. The highest BCUT2D eigenvalue weighted by molar-refractivity contribution is 9.10. The van der Waals surface area contributed by atoms with E-state index in [-0.39, 0.29) is 17.7 Å². The van der Waals surface area contributed by atoms with E-state index in [0.29, 0.717) is 18.7 Å². The second-order valence-electron chi connectivity index (χ2n) is 6.61. The number of rotatable bonds is 3. The zero-order valence-electron chi connectivity index (χ0n) is 14.3. The van der Waals surface area contributed by atoms with Crippen molar-refractivity contribution in [2.24, 2.45) is 5.92 Å². The van der Waals surface area contributed by atoms with E-state index in [9.17, 15) is 9.59 Å². The molecule has 2 aromatic carbocycles. The van der Waals surface area contributed by atoms with Crippen molar-refractivity contribution in [3.8, 4) is 0 Å². The van der Waals surface area contributed by atoms with Gasteiger partial charge in [-0.3, -0.25) is 9.59 Å². The Bertz CT molecular complexity index is 1010. The van der Waals surface area contributed by atoms with Crippen molar-refractivity contribution in [2.75, 3.05) is 18.4 Å². The number of carbonyl (C=O) groups is 2. The van der Waals surface area contributed by atoms with E-state index in [1.807, 2.05) is 49.4 Å². The first-order chi connectivity index (χ1) is 12.5. The first-order valence-corrected chi connectivity index (χ1v) is 9.24. The van der Waals surface area contributed by atoms with Crippen molar-refractivity contribution in [3.05, 3.63) is 64.3 Å². The maximum atomic E-state index is 12.7. The molecule has 26 heavy (non-hydrogen) atoms. The summed E-state index contributed by atoms with van der Waals surface area (Å²) in [6.45, 7) is 2.87. The zero-order valence-corrected chi connectivity index (χ0v) is 15.8. The smallest absolute Gasteiger partial charge is 0.256 e. The molecule has 1 aliphatic rings. The Hall–Kier alpha value is -2.60. The highest BCUT2D eigenvalue weighted by atomic mass is 79.9. The molecule has 1 aliphatic heterocycles. The Morgan fingerprint density at radius 2 is 1.96 bits per heavy atom. The number of hydrogen-bond donors (Lipinski definition) is 2. The van der Waals surface area contributed by atoms with Gasteiger partial charge in [0.15, 0.2) is 0 Å². The molecule has 6 heteroatoms. The van der Waals surface area contributed by atoms with Crippen LogP contribution in [0, 0.1) is 12.8 Å². The van der Waals surface area contributed by atoms with Gasteiger partial charge in [0.25, 0.3) is 5.91 Å². The number of fused-ring (bicyclic) bond motifs is 1. The van der Waals surface area contributed by atoms with Gasteiger partial charge in [-0.05, 0) is 36.8 Å². The van der Waals surface area contributed by atoms with Crippen LogP contribution in [0.5, 0.6) is 0 Å². The monoisotopic (exact) mass is 411 g/mol. The minimum Gasteiger partial charge on any atom is -0.360 e. The van der Waals surface area contributed by atoms with Crippen LogP contribution in [0.3, 0.4) is 0 Å². The molecular weight excluding hydrogens is 394 g/mol. The third-order valence-electron chi connectivity index (χ3n) is 4.78. The van der Waals surface area contributed by atoms with E-state index < -0.39 is 0 Å². The normalized spacial score (nSPS) is 14.3. The maximum Gasteiger partial charge on any atom is 0.256 e. The quantitative estimate of drug-likeness (QED) is 0.684. The molecule has 0 saturated carbocycles. The number of nitrogens with zero attached hydrogens (tertiary/aromatic N) is 1. The largest absolute Gasteiger partial charge is 0.360 e. The summed E-state index contributed by atoms with van der Waals surface area (Å²) in [6, 6.07) is 13.4. The summed E-state index contributed by atoms with van der Waals surface area (Å²) in [5.41, 5.74) is 3.43. The van der Waals surface area contributed by atoms with Crippen molar-refractivity contribution in [3.63, 3.8) is 0 Å². The molecule has 0 unspecified atom stereocenters. The second kappa shape index (κ2) is 6.61. The van der Waals surface area contributed by atoms with E-state index >= 15 is 0 Å². The molecule has 0 aliphatic carbocycles. The van der Waals surface area contributed by atoms with E-state index in [4.69, 9.17) is 0 Å². The number of aromatic nitrogens is 1. The van der Waals surface area contributed by atoms with E-state index in [1.165, 1.54) is 0 Å².